The van der Waals surface area contributed by atoms with Gasteiger partial charge < -0.3 is 5.73 Å². The summed E-state index contributed by atoms with van der Waals surface area (Å²) in [5.74, 6) is -0.975. The van der Waals surface area contributed by atoms with E-state index in [4.69, 9.17) is 5.73 Å². The first-order chi connectivity index (χ1) is 9.15. The van der Waals surface area contributed by atoms with Gasteiger partial charge in [0.2, 0.25) is 20.0 Å². The molecular weight excluding hydrogens is 345 g/mol. The molecule has 1 rings (SSSR count). The minimum Gasteiger partial charge on any atom is -0.330 e. The molecular formula is C10H17ClFN3O4S2. The van der Waals surface area contributed by atoms with E-state index in [1.54, 1.807) is 0 Å². The highest BCUT2D eigenvalue weighted by Crippen LogP contribution is 2.19. The van der Waals surface area contributed by atoms with Crippen molar-refractivity contribution in [3.05, 3.63) is 24.0 Å². The van der Waals surface area contributed by atoms with Gasteiger partial charge in [0.1, 0.15) is 5.82 Å². The van der Waals surface area contributed by atoms with Crippen molar-refractivity contribution in [3.8, 4) is 0 Å². The number of nitrogens with two attached hydrogens (primary N) is 1. The third-order valence-electron chi connectivity index (χ3n) is 2.22. The molecule has 0 aromatic heterocycles. The molecule has 0 atom stereocenters. The molecule has 0 unspecified atom stereocenters. The number of nitrogens with one attached hydrogen (secondary N) is 2. The van der Waals surface area contributed by atoms with Crippen LogP contribution in [0.15, 0.2) is 23.1 Å². The molecule has 0 saturated carbocycles. The van der Waals surface area contributed by atoms with Gasteiger partial charge in [-0.2, -0.15) is 0 Å². The lowest BCUT2D eigenvalue weighted by Gasteiger charge is -2.09. The summed E-state index contributed by atoms with van der Waals surface area (Å²) in [6, 6.07) is 2.91. The Labute approximate surface area is 129 Å². The van der Waals surface area contributed by atoms with Crippen molar-refractivity contribution in [2.75, 3.05) is 24.1 Å². The van der Waals surface area contributed by atoms with Gasteiger partial charge in [0, 0.05) is 6.54 Å². The maximum Gasteiger partial charge on any atom is 0.240 e. The molecule has 7 nitrogen and oxygen atoms in total. The Morgan fingerprint density at radius 1 is 1.24 bits per heavy atom. The lowest BCUT2D eigenvalue weighted by Crippen LogP contribution is -2.26. The Balaban J connectivity index is 0.00000400. The Morgan fingerprint density at radius 2 is 1.86 bits per heavy atom. The molecule has 0 bridgehead atoms. The molecule has 0 fully saturated rings. The van der Waals surface area contributed by atoms with E-state index in [9.17, 15) is 21.2 Å². The third kappa shape index (κ3) is 6.57. The first-order valence-electron chi connectivity index (χ1n) is 5.63. The number of benzene rings is 1. The maximum atomic E-state index is 13.7. The van der Waals surface area contributed by atoms with Gasteiger partial charge in [0.05, 0.1) is 16.8 Å². The SMILES string of the molecule is CS(=O)(=O)Nc1ccc(S(=O)(=O)NCCCN)cc1F.Cl. The van der Waals surface area contributed by atoms with E-state index in [0.717, 1.165) is 24.5 Å². The molecule has 11 heteroatoms. The van der Waals surface area contributed by atoms with Crippen molar-refractivity contribution < 1.29 is 21.2 Å². The van der Waals surface area contributed by atoms with E-state index in [1.807, 2.05) is 4.72 Å². The highest BCUT2D eigenvalue weighted by molar-refractivity contribution is 7.92. The van der Waals surface area contributed by atoms with Crippen LogP contribution in [-0.2, 0) is 20.0 Å². The lowest BCUT2D eigenvalue weighted by molar-refractivity contribution is 0.576. The second-order valence-corrected chi connectivity index (χ2v) is 7.57. The van der Waals surface area contributed by atoms with E-state index in [1.165, 1.54) is 0 Å². The van der Waals surface area contributed by atoms with Crippen molar-refractivity contribution in [1.29, 1.82) is 0 Å². The molecule has 0 heterocycles. The van der Waals surface area contributed by atoms with E-state index in [2.05, 4.69) is 4.72 Å². The summed E-state index contributed by atoms with van der Waals surface area (Å²) in [5.41, 5.74) is 4.93. The first kappa shape index (κ1) is 20.1. The molecule has 4 N–H and O–H groups in total. The number of hydrogen-bond acceptors (Lipinski definition) is 5. The molecule has 0 spiro atoms. The summed E-state index contributed by atoms with van der Waals surface area (Å²) < 4.78 is 63.4. The standard InChI is InChI=1S/C10H16FN3O4S2.ClH/c1-19(15,16)14-10-4-3-8(7-9(10)11)20(17,18)13-6-2-5-12;/h3-4,7,13-14H,2,5-6,12H2,1H3;1H. The normalized spacial score (nSPS) is 11.8. The van der Waals surface area contributed by atoms with Crippen LogP contribution in [0.4, 0.5) is 10.1 Å². The summed E-state index contributed by atoms with van der Waals surface area (Å²) in [4.78, 5) is -0.286. The van der Waals surface area contributed by atoms with Gasteiger partial charge in [-0.25, -0.2) is 25.9 Å². The van der Waals surface area contributed by atoms with Gasteiger partial charge in [-0.3, -0.25) is 4.72 Å². The van der Waals surface area contributed by atoms with Crippen LogP contribution in [0.5, 0.6) is 0 Å². The highest BCUT2D eigenvalue weighted by Gasteiger charge is 2.16. The Morgan fingerprint density at radius 3 is 2.33 bits per heavy atom. The molecule has 0 saturated heterocycles. The van der Waals surface area contributed by atoms with Crippen LogP contribution in [-0.4, -0.2) is 36.2 Å². The fraction of sp³-hybridized carbons (Fsp3) is 0.400. The quantitative estimate of drug-likeness (QED) is 0.601. The monoisotopic (exact) mass is 361 g/mol. The molecule has 0 aliphatic carbocycles. The summed E-state index contributed by atoms with van der Waals surface area (Å²) in [6.07, 6.45) is 1.32. The van der Waals surface area contributed by atoms with Gasteiger partial charge in [-0.15, -0.1) is 12.4 Å². The summed E-state index contributed by atoms with van der Waals surface area (Å²) in [7, 11) is -7.47. The van der Waals surface area contributed by atoms with Crippen molar-refractivity contribution in [1.82, 2.24) is 4.72 Å². The number of rotatable bonds is 7. The summed E-state index contributed by atoms with van der Waals surface area (Å²) in [5, 5.41) is 0. The van der Waals surface area contributed by atoms with E-state index in [0.29, 0.717) is 13.0 Å². The third-order valence-corrected chi connectivity index (χ3v) is 4.27. The fourth-order valence-electron chi connectivity index (χ4n) is 1.34. The predicted octanol–water partition coefficient (Wildman–Crippen LogP) is 0.246. The van der Waals surface area contributed by atoms with Crippen LogP contribution in [0.3, 0.4) is 0 Å². The Kier molecular flexibility index (Phi) is 7.54. The topological polar surface area (TPSA) is 118 Å². The van der Waals surface area contributed by atoms with Gasteiger partial charge >= 0.3 is 0 Å². The average molecular weight is 362 g/mol. The highest BCUT2D eigenvalue weighted by atomic mass is 35.5. The lowest BCUT2D eigenvalue weighted by atomic mass is 10.3. The smallest absolute Gasteiger partial charge is 0.240 e. The van der Waals surface area contributed by atoms with Crippen molar-refractivity contribution >= 4 is 38.1 Å². The van der Waals surface area contributed by atoms with Gasteiger partial charge in [0.15, 0.2) is 0 Å². The van der Waals surface area contributed by atoms with Crippen LogP contribution < -0.4 is 15.2 Å². The number of anilines is 1. The first-order valence-corrected chi connectivity index (χ1v) is 9.00. The Bertz CT molecular complexity index is 680. The minimum absolute atomic E-state index is 0. The van der Waals surface area contributed by atoms with E-state index in [-0.39, 0.29) is 29.5 Å². The molecule has 1 aromatic carbocycles. The van der Waals surface area contributed by atoms with Crippen molar-refractivity contribution in [2.24, 2.45) is 5.73 Å². The zero-order chi connectivity index (χ0) is 15.4. The number of halogens is 2. The van der Waals surface area contributed by atoms with Gasteiger partial charge in [0.25, 0.3) is 0 Å². The van der Waals surface area contributed by atoms with Crippen LogP contribution in [0.2, 0.25) is 0 Å². The minimum atomic E-state index is -3.84. The van der Waals surface area contributed by atoms with Crippen LogP contribution >= 0.6 is 12.4 Å². The average Bonchev–Trinajstić information content (AvgIpc) is 2.30. The van der Waals surface area contributed by atoms with Gasteiger partial charge in [-0.05, 0) is 31.2 Å². The molecule has 0 radical (unpaired) electrons. The molecule has 0 aliphatic heterocycles. The fourth-order valence-corrected chi connectivity index (χ4v) is 2.99. The zero-order valence-corrected chi connectivity index (χ0v) is 13.6. The summed E-state index contributed by atoms with van der Waals surface area (Å²) >= 11 is 0. The zero-order valence-electron chi connectivity index (χ0n) is 11.2. The maximum absolute atomic E-state index is 13.7. The van der Waals surface area contributed by atoms with Crippen molar-refractivity contribution in [3.63, 3.8) is 0 Å². The second kappa shape index (κ2) is 7.90. The molecule has 0 amide bonds. The Hall–Kier alpha value is -0.940. The van der Waals surface area contributed by atoms with Gasteiger partial charge in [-0.1, -0.05) is 0 Å². The number of sulfonamides is 2. The largest absolute Gasteiger partial charge is 0.330 e. The number of hydrogen-bond donors (Lipinski definition) is 3. The van der Waals surface area contributed by atoms with Crippen LogP contribution in [0.1, 0.15) is 6.42 Å². The second-order valence-electron chi connectivity index (χ2n) is 4.06. The van der Waals surface area contributed by atoms with Crippen LogP contribution in [0.25, 0.3) is 0 Å². The van der Waals surface area contributed by atoms with Crippen LogP contribution in [0, 0.1) is 5.82 Å². The van der Waals surface area contributed by atoms with E-state index < -0.39 is 25.9 Å². The van der Waals surface area contributed by atoms with E-state index >= 15 is 0 Å². The van der Waals surface area contributed by atoms with Crippen molar-refractivity contribution in [2.45, 2.75) is 11.3 Å². The molecule has 1 aromatic rings. The molecule has 122 valence electrons. The molecule has 0 aliphatic rings. The molecule has 21 heavy (non-hydrogen) atoms. The summed E-state index contributed by atoms with van der Waals surface area (Å²) in [6.45, 7) is 0.470. The predicted molar refractivity (Wildman–Crippen MR) is 81.0 cm³/mol.